The summed E-state index contributed by atoms with van der Waals surface area (Å²) in [7, 11) is -1.67. The lowest BCUT2D eigenvalue weighted by Crippen LogP contribution is -2.47. The fourth-order valence-electron chi connectivity index (χ4n) is 2.49. The van der Waals surface area contributed by atoms with E-state index in [1.807, 2.05) is 7.05 Å². The van der Waals surface area contributed by atoms with Gasteiger partial charge in [0.15, 0.2) is 0 Å². The number of rotatable bonds is 2. The quantitative estimate of drug-likeness (QED) is 0.826. The van der Waals surface area contributed by atoms with Crippen LogP contribution in [-0.4, -0.2) is 50.8 Å². The number of likely N-dealkylation sites (N-methyl/N-ethyl adjacent to an activating group) is 1. The first kappa shape index (κ1) is 15.2. The van der Waals surface area contributed by atoms with Crippen LogP contribution in [0.25, 0.3) is 0 Å². The Bertz CT molecular complexity index is 623. The van der Waals surface area contributed by atoms with E-state index >= 15 is 0 Å². The zero-order valence-electron chi connectivity index (χ0n) is 12.0. The molecule has 112 valence electrons. The summed E-state index contributed by atoms with van der Waals surface area (Å²) < 4.78 is 40.5. The molecular weight excluding hydrogens is 281 g/mol. The molecule has 2 N–H and O–H groups in total. The van der Waals surface area contributed by atoms with Gasteiger partial charge in [-0.1, -0.05) is 0 Å². The fourth-order valence-corrected chi connectivity index (χ4v) is 4.35. The van der Waals surface area contributed by atoms with Crippen molar-refractivity contribution in [2.75, 3.05) is 39.0 Å². The van der Waals surface area contributed by atoms with Crippen LogP contribution in [0.3, 0.4) is 0 Å². The van der Waals surface area contributed by atoms with E-state index in [2.05, 4.69) is 4.90 Å². The van der Waals surface area contributed by atoms with Gasteiger partial charge in [0, 0.05) is 26.2 Å². The van der Waals surface area contributed by atoms with Gasteiger partial charge >= 0.3 is 0 Å². The molecule has 0 amide bonds. The van der Waals surface area contributed by atoms with Crippen LogP contribution >= 0.6 is 0 Å². The van der Waals surface area contributed by atoms with Gasteiger partial charge in [-0.25, -0.2) is 12.8 Å². The minimum atomic E-state index is -3.63. The van der Waals surface area contributed by atoms with E-state index < -0.39 is 15.8 Å². The Morgan fingerprint density at radius 3 is 2.30 bits per heavy atom. The number of sulfonamides is 1. The van der Waals surface area contributed by atoms with Crippen LogP contribution in [0.2, 0.25) is 0 Å². The summed E-state index contributed by atoms with van der Waals surface area (Å²) in [6, 6.07) is 1.19. The van der Waals surface area contributed by atoms with E-state index in [4.69, 9.17) is 5.73 Å². The maximum absolute atomic E-state index is 13.6. The lowest BCUT2D eigenvalue weighted by Gasteiger charge is -2.32. The number of halogens is 1. The molecule has 1 heterocycles. The molecular formula is C13H20FN3O2S. The van der Waals surface area contributed by atoms with Gasteiger partial charge in [0.1, 0.15) is 5.82 Å². The maximum atomic E-state index is 13.6. The van der Waals surface area contributed by atoms with Crippen molar-refractivity contribution in [2.45, 2.75) is 18.7 Å². The van der Waals surface area contributed by atoms with Crippen molar-refractivity contribution in [1.82, 2.24) is 9.21 Å². The molecule has 2 rings (SSSR count). The lowest BCUT2D eigenvalue weighted by atomic mass is 10.1. The number of nitrogen functional groups attached to an aromatic ring is 1. The molecule has 1 aromatic rings. The second-order valence-corrected chi connectivity index (χ2v) is 7.13. The predicted octanol–water partition coefficient (Wildman–Crippen LogP) is 0.961. The molecule has 20 heavy (non-hydrogen) atoms. The van der Waals surface area contributed by atoms with Gasteiger partial charge < -0.3 is 10.6 Å². The maximum Gasteiger partial charge on any atom is 0.243 e. The van der Waals surface area contributed by atoms with Crippen LogP contribution in [0, 0.1) is 19.7 Å². The van der Waals surface area contributed by atoms with Crippen molar-refractivity contribution in [3.05, 3.63) is 23.0 Å². The van der Waals surface area contributed by atoms with Crippen molar-refractivity contribution in [3.8, 4) is 0 Å². The minimum absolute atomic E-state index is 0.0942. The van der Waals surface area contributed by atoms with Crippen LogP contribution in [0.5, 0.6) is 0 Å². The second-order valence-electron chi connectivity index (χ2n) is 5.25. The molecule has 5 nitrogen and oxygen atoms in total. The molecule has 0 atom stereocenters. The van der Waals surface area contributed by atoms with Crippen molar-refractivity contribution >= 4 is 15.7 Å². The third-order valence-corrected chi connectivity index (χ3v) is 5.95. The van der Waals surface area contributed by atoms with Crippen LogP contribution in [0.4, 0.5) is 10.1 Å². The average molecular weight is 301 g/mol. The highest BCUT2D eigenvalue weighted by atomic mass is 32.2. The monoisotopic (exact) mass is 301 g/mol. The zero-order valence-corrected chi connectivity index (χ0v) is 12.8. The van der Waals surface area contributed by atoms with Crippen molar-refractivity contribution in [3.63, 3.8) is 0 Å². The minimum Gasteiger partial charge on any atom is -0.396 e. The topological polar surface area (TPSA) is 66.6 Å². The number of anilines is 1. The summed E-state index contributed by atoms with van der Waals surface area (Å²) in [4.78, 5) is 2.21. The summed E-state index contributed by atoms with van der Waals surface area (Å²) in [5.41, 5.74) is 6.23. The fraction of sp³-hybridized carbons (Fsp3) is 0.538. The molecule has 0 radical (unpaired) electrons. The highest BCUT2D eigenvalue weighted by Crippen LogP contribution is 2.30. The predicted molar refractivity (Wildman–Crippen MR) is 76.5 cm³/mol. The Hall–Kier alpha value is -1.18. The highest BCUT2D eigenvalue weighted by Gasteiger charge is 2.31. The van der Waals surface area contributed by atoms with Gasteiger partial charge in [0.05, 0.1) is 10.6 Å². The molecule has 1 aliphatic rings. The van der Waals surface area contributed by atoms with Crippen molar-refractivity contribution < 1.29 is 12.8 Å². The molecule has 0 aromatic heterocycles. The molecule has 1 aliphatic heterocycles. The summed E-state index contributed by atoms with van der Waals surface area (Å²) in [5, 5.41) is 0. The number of hydrogen-bond acceptors (Lipinski definition) is 4. The molecule has 1 aromatic carbocycles. The number of nitrogens with two attached hydrogens (primary N) is 1. The van der Waals surface area contributed by atoms with E-state index in [0.717, 1.165) is 0 Å². The number of nitrogens with zero attached hydrogens (tertiary/aromatic N) is 2. The Morgan fingerprint density at radius 2 is 1.75 bits per heavy atom. The van der Waals surface area contributed by atoms with Crippen LogP contribution in [-0.2, 0) is 10.0 Å². The van der Waals surface area contributed by atoms with Gasteiger partial charge in [-0.2, -0.15) is 4.31 Å². The molecule has 0 unspecified atom stereocenters. The van der Waals surface area contributed by atoms with E-state index in [1.165, 1.54) is 10.4 Å². The zero-order chi connectivity index (χ0) is 15.1. The Morgan fingerprint density at radius 1 is 1.20 bits per heavy atom. The molecule has 7 heteroatoms. The van der Waals surface area contributed by atoms with E-state index in [9.17, 15) is 12.8 Å². The summed E-state index contributed by atoms with van der Waals surface area (Å²) >= 11 is 0. The van der Waals surface area contributed by atoms with E-state index in [0.29, 0.717) is 37.3 Å². The van der Waals surface area contributed by atoms with Crippen LogP contribution in [0.15, 0.2) is 11.0 Å². The molecule has 0 bridgehead atoms. The van der Waals surface area contributed by atoms with Gasteiger partial charge in [-0.3, -0.25) is 0 Å². The van der Waals surface area contributed by atoms with Crippen molar-refractivity contribution in [1.29, 1.82) is 0 Å². The Labute approximate surface area is 119 Å². The molecule has 1 saturated heterocycles. The van der Waals surface area contributed by atoms with Gasteiger partial charge in [0.25, 0.3) is 0 Å². The van der Waals surface area contributed by atoms with Gasteiger partial charge in [0.2, 0.25) is 10.0 Å². The van der Waals surface area contributed by atoms with Gasteiger partial charge in [-0.15, -0.1) is 0 Å². The van der Waals surface area contributed by atoms with E-state index in [1.54, 1.807) is 13.8 Å². The third-order valence-electron chi connectivity index (χ3n) is 3.76. The second kappa shape index (κ2) is 5.31. The standard InChI is InChI=1S/C13H20FN3O2S/c1-9-8-11(14)12(15)10(2)13(9)20(18,19)17-6-4-16(3)5-7-17/h8H,4-7,15H2,1-3H3. The molecule has 0 saturated carbocycles. The Kier molecular flexibility index (Phi) is 4.04. The normalized spacial score (nSPS) is 18.4. The Balaban J connectivity index is 2.48. The van der Waals surface area contributed by atoms with E-state index in [-0.39, 0.29) is 10.6 Å². The van der Waals surface area contributed by atoms with Crippen molar-refractivity contribution in [2.24, 2.45) is 0 Å². The summed E-state index contributed by atoms with van der Waals surface area (Å²) in [6.07, 6.45) is 0. The molecule has 0 spiro atoms. The highest BCUT2D eigenvalue weighted by molar-refractivity contribution is 7.89. The van der Waals surface area contributed by atoms with Crippen LogP contribution in [0.1, 0.15) is 11.1 Å². The largest absolute Gasteiger partial charge is 0.396 e. The number of piperazine rings is 1. The lowest BCUT2D eigenvalue weighted by molar-refractivity contribution is 0.222. The first-order valence-corrected chi connectivity index (χ1v) is 7.93. The third kappa shape index (κ3) is 2.53. The smallest absolute Gasteiger partial charge is 0.243 e. The number of aryl methyl sites for hydroxylation is 1. The first-order valence-electron chi connectivity index (χ1n) is 6.49. The average Bonchev–Trinajstić information content (AvgIpc) is 2.36. The summed E-state index contributed by atoms with van der Waals surface area (Å²) in [6.45, 7) is 5.40. The SMILES string of the molecule is Cc1cc(F)c(N)c(C)c1S(=O)(=O)N1CCN(C)CC1. The first-order chi connectivity index (χ1) is 9.25. The molecule has 0 aliphatic carbocycles. The molecule has 1 fully saturated rings. The number of hydrogen-bond donors (Lipinski definition) is 1. The number of benzene rings is 1. The van der Waals surface area contributed by atoms with Gasteiger partial charge in [-0.05, 0) is 38.1 Å². The summed E-state index contributed by atoms with van der Waals surface area (Å²) in [5.74, 6) is -0.572. The van der Waals surface area contributed by atoms with Crippen LogP contribution < -0.4 is 5.73 Å².